The Hall–Kier alpha value is -0.120. The summed E-state index contributed by atoms with van der Waals surface area (Å²) in [5.41, 5.74) is 0. The molecule has 2 rings (SSSR count). The van der Waals surface area contributed by atoms with Crippen LogP contribution in [0.5, 0.6) is 0 Å². The molecule has 0 amide bonds. The first-order valence-corrected chi connectivity index (χ1v) is 9.99. The number of aliphatic imine (C=N–C) groups is 1. The lowest BCUT2D eigenvalue weighted by molar-refractivity contribution is 0.0888. The monoisotopic (exact) mass is 482 g/mol. The average Bonchev–Trinajstić information content (AvgIpc) is 3.08. The molecule has 3 unspecified atom stereocenters. The zero-order chi connectivity index (χ0) is 17.9. The molecule has 2 heterocycles. The Morgan fingerprint density at radius 2 is 1.92 bits per heavy atom. The van der Waals surface area contributed by atoms with Crippen molar-refractivity contribution in [1.29, 1.82) is 0 Å². The largest absolute Gasteiger partial charge is 0.381 e. The van der Waals surface area contributed by atoms with E-state index in [1.54, 1.807) is 0 Å². The van der Waals surface area contributed by atoms with Gasteiger partial charge in [-0.2, -0.15) is 0 Å². The van der Waals surface area contributed by atoms with Crippen LogP contribution in [0.1, 0.15) is 33.1 Å². The molecule has 2 aliphatic heterocycles. The molecule has 26 heavy (non-hydrogen) atoms. The summed E-state index contributed by atoms with van der Waals surface area (Å²) >= 11 is 0. The van der Waals surface area contributed by atoms with E-state index < -0.39 is 0 Å². The molecule has 2 N–H and O–H groups in total. The van der Waals surface area contributed by atoms with E-state index in [0.29, 0.717) is 5.92 Å². The Bertz CT molecular complexity index is 382. The maximum Gasteiger partial charge on any atom is 0.191 e. The quantitative estimate of drug-likeness (QED) is 0.229. The van der Waals surface area contributed by atoms with Crippen LogP contribution in [0.25, 0.3) is 0 Å². The van der Waals surface area contributed by atoms with Crippen molar-refractivity contribution in [3.05, 3.63) is 0 Å². The Kier molecular flexibility index (Phi) is 12.8. The fraction of sp³-hybridized carbons (Fsp3) is 0.947. The van der Waals surface area contributed by atoms with E-state index in [-0.39, 0.29) is 24.0 Å². The number of nitrogens with one attached hydrogen (secondary N) is 2. The van der Waals surface area contributed by atoms with Gasteiger partial charge in [-0.1, -0.05) is 13.8 Å². The summed E-state index contributed by atoms with van der Waals surface area (Å²) in [4.78, 5) is 6.87. The fourth-order valence-electron chi connectivity index (χ4n) is 3.87. The van der Waals surface area contributed by atoms with E-state index in [1.165, 1.54) is 19.5 Å². The Balaban J connectivity index is 0.00000338. The lowest BCUT2D eigenvalue weighted by Gasteiger charge is -2.35. The van der Waals surface area contributed by atoms with Gasteiger partial charge < -0.3 is 25.0 Å². The highest BCUT2D eigenvalue weighted by molar-refractivity contribution is 14.0. The Morgan fingerprint density at radius 3 is 2.58 bits per heavy atom. The molecule has 0 bridgehead atoms. The lowest BCUT2D eigenvalue weighted by Crippen LogP contribution is -2.45. The maximum absolute atomic E-state index is 5.73. The second-order valence-corrected chi connectivity index (χ2v) is 7.79. The first-order chi connectivity index (χ1) is 12.2. The number of halogens is 1. The first-order valence-electron chi connectivity index (χ1n) is 9.99. The van der Waals surface area contributed by atoms with Gasteiger partial charge >= 0.3 is 0 Å². The van der Waals surface area contributed by atoms with Gasteiger partial charge in [-0.25, -0.2) is 0 Å². The topological polar surface area (TPSA) is 58.1 Å². The predicted octanol–water partition coefficient (Wildman–Crippen LogP) is 2.19. The number of hydrogen-bond acceptors (Lipinski definition) is 4. The molecule has 2 saturated heterocycles. The predicted molar refractivity (Wildman–Crippen MR) is 119 cm³/mol. The van der Waals surface area contributed by atoms with Crippen molar-refractivity contribution in [2.45, 2.75) is 33.1 Å². The summed E-state index contributed by atoms with van der Waals surface area (Å²) < 4.78 is 11.1. The van der Waals surface area contributed by atoms with E-state index in [1.807, 2.05) is 7.05 Å². The van der Waals surface area contributed by atoms with Crippen LogP contribution in [-0.2, 0) is 9.47 Å². The molecule has 6 nitrogen and oxygen atoms in total. The van der Waals surface area contributed by atoms with Crippen LogP contribution in [-0.4, -0.2) is 77.1 Å². The van der Waals surface area contributed by atoms with Crippen molar-refractivity contribution in [2.75, 3.05) is 66.2 Å². The number of piperidine rings is 1. The highest BCUT2D eigenvalue weighted by Crippen LogP contribution is 2.20. The zero-order valence-corrected chi connectivity index (χ0v) is 19.2. The van der Waals surface area contributed by atoms with Crippen LogP contribution in [0, 0.1) is 17.8 Å². The van der Waals surface area contributed by atoms with Gasteiger partial charge in [-0.15, -0.1) is 24.0 Å². The normalized spacial score (nSPS) is 27.2. The summed E-state index contributed by atoms with van der Waals surface area (Å²) in [6, 6.07) is 0. The molecule has 2 fully saturated rings. The zero-order valence-electron chi connectivity index (χ0n) is 16.8. The van der Waals surface area contributed by atoms with E-state index in [9.17, 15) is 0 Å². The van der Waals surface area contributed by atoms with Gasteiger partial charge in [0.05, 0.1) is 13.2 Å². The molecule has 3 atom stereocenters. The van der Waals surface area contributed by atoms with Crippen LogP contribution in [0.2, 0.25) is 0 Å². The minimum atomic E-state index is 0. The van der Waals surface area contributed by atoms with Crippen molar-refractivity contribution in [3.63, 3.8) is 0 Å². The second kappa shape index (κ2) is 14.0. The average molecular weight is 482 g/mol. The second-order valence-electron chi connectivity index (χ2n) is 7.79. The smallest absolute Gasteiger partial charge is 0.191 e. The first kappa shape index (κ1) is 23.9. The van der Waals surface area contributed by atoms with Crippen molar-refractivity contribution in [3.8, 4) is 0 Å². The molecular weight excluding hydrogens is 443 g/mol. The lowest BCUT2D eigenvalue weighted by atomic mass is 9.92. The molecule has 0 radical (unpaired) electrons. The molecule has 2 aliphatic rings. The summed E-state index contributed by atoms with van der Waals surface area (Å²) in [5, 5.41) is 6.79. The van der Waals surface area contributed by atoms with E-state index in [0.717, 1.165) is 76.7 Å². The summed E-state index contributed by atoms with van der Waals surface area (Å²) in [5.74, 6) is 3.12. The number of guanidine groups is 1. The molecule has 154 valence electrons. The van der Waals surface area contributed by atoms with Gasteiger partial charge in [0.2, 0.25) is 0 Å². The molecule has 0 aromatic carbocycles. The SMILES string of the molecule is CN=C(NCCCOCC1CCOC1)NCCN1CC(C)CC(C)C1.I. The van der Waals surface area contributed by atoms with E-state index >= 15 is 0 Å². The molecule has 0 aromatic rings. The number of ether oxygens (including phenoxy) is 2. The minimum absolute atomic E-state index is 0. The van der Waals surface area contributed by atoms with Gasteiger partial charge in [-0.3, -0.25) is 4.99 Å². The standard InChI is InChI=1S/C19H38N4O2.HI/c1-16-11-17(2)13-23(12-16)8-7-22-19(20-3)21-6-4-9-24-14-18-5-10-25-15-18;/h16-18H,4-15H2,1-3H3,(H2,20,21,22);1H. The molecule has 0 aromatic heterocycles. The van der Waals surface area contributed by atoms with Gasteiger partial charge in [0.25, 0.3) is 0 Å². The van der Waals surface area contributed by atoms with Crippen LogP contribution < -0.4 is 10.6 Å². The summed E-state index contributed by atoms with van der Waals surface area (Å²) in [6.45, 7) is 13.5. The van der Waals surface area contributed by atoms with Gasteiger partial charge in [0, 0.05) is 58.9 Å². The van der Waals surface area contributed by atoms with Crippen LogP contribution in [0.15, 0.2) is 4.99 Å². The van der Waals surface area contributed by atoms with Gasteiger partial charge in [0.15, 0.2) is 5.96 Å². The minimum Gasteiger partial charge on any atom is -0.381 e. The highest BCUT2D eigenvalue weighted by Gasteiger charge is 2.21. The van der Waals surface area contributed by atoms with Crippen molar-refractivity contribution in [1.82, 2.24) is 15.5 Å². The van der Waals surface area contributed by atoms with E-state index in [2.05, 4.69) is 34.4 Å². The third-order valence-corrected chi connectivity index (χ3v) is 5.02. The highest BCUT2D eigenvalue weighted by atomic mass is 127. The molecular formula is C19H39IN4O2. The van der Waals surface area contributed by atoms with Crippen LogP contribution >= 0.6 is 24.0 Å². The van der Waals surface area contributed by atoms with Crippen LogP contribution in [0.3, 0.4) is 0 Å². The maximum atomic E-state index is 5.73. The number of nitrogens with zero attached hydrogens (tertiary/aromatic N) is 2. The third kappa shape index (κ3) is 9.71. The number of hydrogen-bond donors (Lipinski definition) is 2. The fourth-order valence-corrected chi connectivity index (χ4v) is 3.87. The van der Waals surface area contributed by atoms with Crippen LogP contribution in [0.4, 0.5) is 0 Å². The van der Waals surface area contributed by atoms with Gasteiger partial charge in [-0.05, 0) is 31.1 Å². The Labute approximate surface area is 176 Å². The molecule has 0 spiro atoms. The van der Waals surface area contributed by atoms with E-state index in [4.69, 9.17) is 9.47 Å². The van der Waals surface area contributed by atoms with Crippen molar-refractivity contribution < 1.29 is 9.47 Å². The number of rotatable bonds is 9. The summed E-state index contributed by atoms with van der Waals surface area (Å²) in [6.07, 6.45) is 3.50. The molecule has 0 saturated carbocycles. The molecule has 7 heteroatoms. The van der Waals surface area contributed by atoms with Gasteiger partial charge in [0.1, 0.15) is 0 Å². The summed E-state index contributed by atoms with van der Waals surface area (Å²) in [7, 11) is 1.83. The third-order valence-electron chi connectivity index (χ3n) is 5.02. The number of likely N-dealkylation sites (tertiary alicyclic amines) is 1. The molecule has 0 aliphatic carbocycles. The Morgan fingerprint density at radius 1 is 1.19 bits per heavy atom. The van der Waals surface area contributed by atoms with Crippen molar-refractivity contribution >= 4 is 29.9 Å². The van der Waals surface area contributed by atoms with Crippen molar-refractivity contribution in [2.24, 2.45) is 22.7 Å².